The minimum absolute atomic E-state index is 0.00791. The molecular weight excluding hydrogens is 524 g/mol. The van der Waals surface area contributed by atoms with E-state index in [-0.39, 0.29) is 12.1 Å². The van der Waals surface area contributed by atoms with Crippen LogP contribution in [0.1, 0.15) is 42.4 Å². The van der Waals surface area contributed by atoms with Gasteiger partial charge in [0, 0.05) is 29.9 Å². The second-order valence-electron chi connectivity index (χ2n) is 8.44. The van der Waals surface area contributed by atoms with Gasteiger partial charge in [0.1, 0.15) is 0 Å². The zero-order valence-corrected chi connectivity index (χ0v) is 21.6. The Labute approximate surface area is 211 Å². The van der Waals surface area contributed by atoms with Crippen molar-refractivity contribution in [2.24, 2.45) is 5.92 Å². The van der Waals surface area contributed by atoms with Crippen LogP contribution >= 0.6 is 51.1 Å². The summed E-state index contributed by atoms with van der Waals surface area (Å²) in [5.74, 6) is 0.784. The molecule has 2 fully saturated rings. The van der Waals surface area contributed by atoms with Crippen LogP contribution in [-0.2, 0) is 0 Å². The van der Waals surface area contributed by atoms with Crippen molar-refractivity contribution in [2.45, 2.75) is 31.8 Å². The van der Waals surface area contributed by atoms with Crippen molar-refractivity contribution in [3.63, 3.8) is 0 Å². The third-order valence-electron chi connectivity index (χ3n) is 6.32. The van der Waals surface area contributed by atoms with Gasteiger partial charge in [-0.25, -0.2) is 0 Å². The van der Waals surface area contributed by atoms with Gasteiger partial charge in [-0.2, -0.15) is 0 Å². The number of hydrogen-bond acceptors (Lipinski definition) is 4. The second kappa shape index (κ2) is 9.29. The zero-order valence-electron chi connectivity index (χ0n) is 17.7. The first-order chi connectivity index (χ1) is 15.5. The average molecular weight is 548 g/mol. The van der Waals surface area contributed by atoms with Gasteiger partial charge in [0.25, 0.3) is 0 Å². The fourth-order valence-electron chi connectivity index (χ4n) is 4.56. The lowest BCUT2D eigenvalue weighted by Gasteiger charge is -2.33. The molecule has 0 radical (unpaired) electrons. The van der Waals surface area contributed by atoms with Crippen LogP contribution in [0.25, 0.3) is 0 Å². The van der Waals surface area contributed by atoms with Crippen molar-refractivity contribution < 1.29 is 0 Å². The molecule has 0 unspecified atom stereocenters. The zero-order chi connectivity index (χ0) is 22.2. The average Bonchev–Trinajstić information content (AvgIpc) is 3.38. The molecule has 2 aromatic heterocycles. The van der Waals surface area contributed by atoms with E-state index in [9.17, 15) is 0 Å². The Morgan fingerprint density at radius 2 is 1.97 bits per heavy atom. The first kappa shape index (κ1) is 22.1. The van der Waals surface area contributed by atoms with E-state index in [4.69, 9.17) is 23.8 Å². The maximum atomic E-state index is 6.83. The van der Waals surface area contributed by atoms with Gasteiger partial charge in [0.05, 0.1) is 32.3 Å². The quantitative estimate of drug-likeness (QED) is 0.356. The Bertz CT molecular complexity index is 1110. The van der Waals surface area contributed by atoms with Crippen molar-refractivity contribution in [3.8, 4) is 0 Å². The molecule has 0 saturated carbocycles. The molecule has 4 nitrogen and oxygen atoms in total. The second-order valence-corrected chi connectivity index (χ2v) is 11.7. The van der Waals surface area contributed by atoms with Crippen LogP contribution < -0.4 is 15.1 Å². The number of benzene rings is 1. The van der Waals surface area contributed by atoms with Crippen LogP contribution in [-0.4, -0.2) is 23.2 Å². The third-order valence-corrected chi connectivity index (χ3v) is 8.63. The summed E-state index contributed by atoms with van der Waals surface area (Å²) < 4.78 is 1.10. The van der Waals surface area contributed by atoms with Crippen molar-refractivity contribution in [1.82, 2.24) is 10.3 Å². The number of pyridine rings is 1. The molecule has 4 heterocycles. The van der Waals surface area contributed by atoms with Gasteiger partial charge in [0.15, 0.2) is 5.11 Å². The highest BCUT2D eigenvalue weighted by Gasteiger charge is 2.41. The van der Waals surface area contributed by atoms with Crippen molar-refractivity contribution in [2.75, 3.05) is 22.9 Å². The van der Waals surface area contributed by atoms with Gasteiger partial charge in [-0.3, -0.25) is 4.98 Å². The summed E-state index contributed by atoms with van der Waals surface area (Å²) >= 11 is 18.0. The molecule has 0 spiro atoms. The number of nitrogens with zero attached hydrogens (tertiary/aromatic N) is 3. The molecule has 166 valence electrons. The summed E-state index contributed by atoms with van der Waals surface area (Å²) in [5.41, 5.74) is 3.07. The van der Waals surface area contributed by atoms with Crippen LogP contribution in [0.2, 0.25) is 5.02 Å². The summed E-state index contributed by atoms with van der Waals surface area (Å²) in [6.45, 7) is 4.43. The maximum absolute atomic E-state index is 6.83. The summed E-state index contributed by atoms with van der Waals surface area (Å²) in [6.07, 6.45) is 4.24. The van der Waals surface area contributed by atoms with E-state index in [1.165, 1.54) is 17.7 Å². The molecule has 2 saturated heterocycles. The van der Waals surface area contributed by atoms with E-state index in [0.29, 0.717) is 5.11 Å². The predicted octanol–water partition coefficient (Wildman–Crippen LogP) is 6.97. The lowest BCUT2D eigenvalue weighted by atomic mass is 9.98. The molecule has 0 amide bonds. The molecule has 5 rings (SSSR count). The highest BCUT2D eigenvalue weighted by atomic mass is 79.9. The Morgan fingerprint density at radius 1 is 1.16 bits per heavy atom. The van der Waals surface area contributed by atoms with E-state index in [1.807, 2.05) is 24.4 Å². The Morgan fingerprint density at radius 3 is 2.62 bits per heavy atom. The monoisotopic (exact) mass is 546 g/mol. The molecule has 0 aliphatic carbocycles. The Kier molecular flexibility index (Phi) is 6.43. The van der Waals surface area contributed by atoms with E-state index < -0.39 is 0 Å². The number of anilines is 2. The first-order valence-electron chi connectivity index (χ1n) is 10.8. The summed E-state index contributed by atoms with van der Waals surface area (Å²) in [6, 6.07) is 16.5. The van der Waals surface area contributed by atoms with Crippen molar-refractivity contribution in [3.05, 3.63) is 74.1 Å². The van der Waals surface area contributed by atoms with E-state index >= 15 is 0 Å². The lowest BCUT2D eigenvalue weighted by molar-refractivity contribution is 0.438. The van der Waals surface area contributed by atoms with Crippen LogP contribution in [0.5, 0.6) is 0 Å². The van der Waals surface area contributed by atoms with Crippen LogP contribution in [0.4, 0.5) is 11.4 Å². The van der Waals surface area contributed by atoms with E-state index in [0.717, 1.165) is 44.9 Å². The molecule has 3 aromatic rings. The van der Waals surface area contributed by atoms with Gasteiger partial charge >= 0.3 is 0 Å². The number of thiocarbonyl (C=S) groups is 1. The SMILES string of the molecule is CC1CCN(c2ccc(N3C(=S)N[C@H](c4ccccn4)[C@@H]3c3ccc(Br)s3)cc2Cl)CC1. The third kappa shape index (κ3) is 4.28. The van der Waals surface area contributed by atoms with Gasteiger partial charge in [-0.1, -0.05) is 24.6 Å². The number of aromatic nitrogens is 1. The number of rotatable bonds is 4. The van der Waals surface area contributed by atoms with Crippen LogP contribution in [0.15, 0.2) is 58.5 Å². The number of piperidine rings is 1. The van der Waals surface area contributed by atoms with Crippen molar-refractivity contribution >= 4 is 67.6 Å². The molecule has 1 aromatic carbocycles. The number of nitrogens with one attached hydrogen (secondary N) is 1. The molecule has 0 bridgehead atoms. The number of halogens is 2. The number of thiophene rings is 1. The van der Waals surface area contributed by atoms with Crippen LogP contribution in [0, 0.1) is 5.92 Å². The van der Waals surface area contributed by atoms with Gasteiger partial charge in [0.2, 0.25) is 0 Å². The van der Waals surface area contributed by atoms with Crippen molar-refractivity contribution in [1.29, 1.82) is 0 Å². The molecule has 32 heavy (non-hydrogen) atoms. The minimum Gasteiger partial charge on any atom is -0.370 e. The normalized spacial score (nSPS) is 21.8. The fraction of sp³-hybridized carbons (Fsp3) is 0.333. The van der Waals surface area contributed by atoms with E-state index in [1.54, 1.807) is 11.3 Å². The highest BCUT2D eigenvalue weighted by molar-refractivity contribution is 9.11. The van der Waals surface area contributed by atoms with Crippen LogP contribution in [0.3, 0.4) is 0 Å². The highest BCUT2D eigenvalue weighted by Crippen LogP contribution is 2.45. The van der Waals surface area contributed by atoms with Gasteiger partial charge in [-0.15, -0.1) is 11.3 Å². The summed E-state index contributed by atoms with van der Waals surface area (Å²) in [5, 5.41) is 4.97. The summed E-state index contributed by atoms with van der Waals surface area (Å²) in [7, 11) is 0. The van der Waals surface area contributed by atoms with E-state index in [2.05, 4.69) is 73.3 Å². The first-order valence-corrected chi connectivity index (χ1v) is 13.2. The molecule has 2 atom stereocenters. The Balaban J connectivity index is 1.51. The minimum atomic E-state index is -0.0451. The fourth-order valence-corrected chi connectivity index (χ4v) is 6.75. The molecule has 2 aliphatic heterocycles. The Hall–Kier alpha value is -1.67. The molecular formula is C24H24BrClN4S2. The maximum Gasteiger partial charge on any atom is 0.174 e. The number of hydrogen-bond donors (Lipinski definition) is 1. The summed E-state index contributed by atoms with van der Waals surface area (Å²) in [4.78, 5) is 10.4. The molecule has 1 N–H and O–H groups in total. The lowest BCUT2D eigenvalue weighted by Crippen LogP contribution is -2.33. The van der Waals surface area contributed by atoms with Gasteiger partial charge < -0.3 is 15.1 Å². The predicted molar refractivity (Wildman–Crippen MR) is 142 cm³/mol. The molecule has 8 heteroatoms. The van der Waals surface area contributed by atoms with Gasteiger partial charge in [-0.05, 0) is 89.4 Å². The molecule has 2 aliphatic rings. The largest absolute Gasteiger partial charge is 0.370 e. The standard InChI is InChI=1S/C24H24BrClN4S2/c1-15-9-12-29(13-10-15)19-6-5-16(14-17(19)26)30-23(20-7-8-21(25)32-20)22(28-24(30)31)18-4-2-3-11-27-18/h2-8,11,14-15,22-23H,9-10,12-13H2,1H3,(H,28,31)/t22-,23+/m1/s1. The topological polar surface area (TPSA) is 31.4 Å². The smallest absolute Gasteiger partial charge is 0.174 e.